The molecule has 0 saturated heterocycles. The van der Waals surface area contributed by atoms with E-state index in [1.165, 1.54) is 19.3 Å². The number of aromatic nitrogens is 2. The maximum atomic E-state index is 11.7. The molecule has 0 aliphatic carbocycles. The van der Waals surface area contributed by atoms with Crippen LogP contribution in [-0.2, 0) is 10.0 Å². The third kappa shape index (κ3) is 1.78. The Hall–Kier alpha value is -1.34. The maximum Gasteiger partial charge on any atom is 0.248 e. The molecule has 1 rings (SSSR count). The highest BCUT2D eigenvalue weighted by molar-refractivity contribution is 7.89. The Kier molecular flexibility index (Phi) is 2.92. The van der Waals surface area contributed by atoms with E-state index < -0.39 is 10.0 Å². The minimum atomic E-state index is -3.55. The molecule has 0 unspecified atom stereocenters. The normalized spacial score (nSPS) is 11.9. The van der Waals surface area contributed by atoms with Crippen LogP contribution in [0, 0.1) is 0 Å². The molecular formula is C7H12N4O2S. The zero-order valence-electron chi connectivity index (χ0n) is 7.77. The lowest BCUT2D eigenvalue weighted by atomic mass is 10.6. The molecule has 1 heterocycles. The molecule has 0 aliphatic heterocycles. The van der Waals surface area contributed by atoms with E-state index >= 15 is 0 Å². The first-order chi connectivity index (χ1) is 6.50. The van der Waals surface area contributed by atoms with Gasteiger partial charge < -0.3 is 5.73 Å². The van der Waals surface area contributed by atoms with Gasteiger partial charge in [0.15, 0.2) is 0 Å². The lowest BCUT2D eigenvalue weighted by molar-refractivity contribution is 0.500. The van der Waals surface area contributed by atoms with E-state index in [9.17, 15) is 8.42 Å². The van der Waals surface area contributed by atoms with Crippen LogP contribution in [0.3, 0.4) is 0 Å². The van der Waals surface area contributed by atoms with Gasteiger partial charge in [0.05, 0.1) is 6.20 Å². The van der Waals surface area contributed by atoms with Crippen molar-refractivity contribution >= 4 is 15.8 Å². The summed E-state index contributed by atoms with van der Waals surface area (Å²) < 4.78 is 24.6. The quantitative estimate of drug-likeness (QED) is 0.682. The lowest BCUT2D eigenvalue weighted by Gasteiger charge is -2.13. The Morgan fingerprint density at radius 2 is 2.43 bits per heavy atom. The summed E-state index contributed by atoms with van der Waals surface area (Å²) in [6, 6.07) is 0. The molecule has 0 spiro atoms. The number of nitrogens with zero attached hydrogens (tertiary/aromatic N) is 2. The Labute approximate surface area is 82.5 Å². The number of rotatable bonds is 4. The van der Waals surface area contributed by atoms with Crippen molar-refractivity contribution in [3.8, 4) is 0 Å². The van der Waals surface area contributed by atoms with Gasteiger partial charge in [-0.25, -0.2) is 8.42 Å². The minimum absolute atomic E-state index is 0.0122. The molecule has 1 aromatic rings. The Balaban J connectivity index is 3.08. The van der Waals surface area contributed by atoms with E-state index in [1.807, 2.05) is 0 Å². The van der Waals surface area contributed by atoms with E-state index in [2.05, 4.69) is 16.8 Å². The Morgan fingerprint density at radius 1 is 1.79 bits per heavy atom. The van der Waals surface area contributed by atoms with Crippen LogP contribution in [0.4, 0.5) is 5.82 Å². The van der Waals surface area contributed by atoms with Crippen LogP contribution in [0.15, 0.2) is 23.7 Å². The van der Waals surface area contributed by atoms with Gasteiger partial charge in [0.2, 0.25) is 10.0 Å². The molecule has 0 bridgehead atoms. The number of sulfonamides is 1. The zero-order valence-corrected chi connectivity index (χ0v) is 8.58. The highest BCUT2D eigenvalue weighted by atomic mass is 32.2. The summed E-state index contributed by atoms with van der Waals surface area (Å²) in [6.07, 6.45) is 2.68. The fourth-order valence-corrected chi connectivity index (χ4v) is 2.09. The van der Waals surface area contributed by atoms with Crippen molar-refractivity contribution in [2.45, 2.75) is 4.90 Å². The average Bonchev–Trinajstić information content (AvgIpc) is 2.52. The second-order valence-corrected chi connectivity index (χ2v) is 4.74. The number of nitrogen functional groups attached to an aromatic ring is 1. The Morgan fingerprint density at radius 3 is 2.86 bits per heavy atom. The summed E-state index contributed by atoms with van der Waals surface area (Å²) >= 11 is 0. The van der Waals surface area contributed by atoms with Gasteiger partial charge in [-0.05, 0) is 0 Å². The van der Waals surface area contributed by atoms with Crippen molar-refractivity contribution in [1.29, 1.82) is 0 Å². The number of anilines is 1. The molecule has 0 amide bonds. The number of aromatic amines is 1. The summed E-state index contributed by atoms with van der Waals surface area (Å²) in [7, 11) is -2.10. The number of nitrogens with one attached hydrogen (secondary N) is 1. The van der Waals surface area contributed by atoms with Gasteiger partial charge in [-0.15, -0.1) is 6.58 Å². The van der Waals surface area contributed by atoms with Gasteiger partial charge in [0.1, 0.15) is 10.7 Å². The van der Waals surface area contributed by atoms with Crippen molar-refractivity contribution in [2.75, 3.05) is 19.3 Å². The van der Waals surface area contributed by atoms with Crippen LogP contribution in [0.2, 0.25) is 0 Å². The van der Waals surface area contributed by atoms with Gasteiger partial charge in [0.25, 0.3) is 0 Å². The standard InChI is InChI=1S/C7H12N4O2S/c1-3-4-11(2)14(12,13)6-5-9-10-7(6)8/h3,5H,1,4H2,2H3,(H3,8,9,10). The monoisotopic (exact) mass is 216 g/mol. The van der Waals surface area contributed by atoms with Gasteiger partial charge >= 0.3 is 0 Å². The molecule has 1 aromatic heterocycles. The number of likely N-dealkylation sites (N-methyl/N-ethyl adjacent to an activating group) is 1. The van der Waals surface area contributed by atoms with Crippen molar-refractivity contribution in [1.82, 2.24) is 14.5 Å². The molecule has 14 heavy (non-hydrogen) atoms. The number of nitrogens with two attached hydrogens (primary N) is 1. The second kappa shape index (κ2) is 3.81. The molecule has 0 saturated carbocycles. The average molecular weight is 216 g/mol. The highest BCUT2D eigenvalue weighted by Crippen LogP contribution is 2.17. The van der Waals surface area contributed by atoms with Crippen LogP contribution in [-0.4, -0.2) is 36.5 Å². The molecule has 0 aliphatic rings. The fourth-order valence-electron chi connectivity index (χ4n) is 0.938. The van der Waals surface area contributed by atoms with E-state index in [1.54, 1.807) is 0 Å². The third-order valence-corrected chi connectivity index (χ3v) is 3.56. The lowest BCUT2D eigenvalue weighted by Crippen LogP contribution is -2.27. The molecule has 0 atom stereocenters. The smallest absolute Gasteiger partial charge is 0.248 e. The van der Waals surface area contributed by atoms with Gasteiger partial charge in [-0.3, -0.25) is 5.10 Å². The largest absolute Gasteiger partial charge is 0.383 e. The van der Waals surface area contributed by atoms with Crippen molar-refractivity contribution < 1.29 is 8.42 Å². The molecular weight excluding hydrogens is 204 g/mol. The maximum absolute atomic E-state index is 11.7. The molecule has 0 fully saturated rings. The van der Waals surface area contributed by atoms with E-state index in [4.69, 9.17) is 5.73 Å². The van der Waals surface area contributed by atoms with Crippen molar-refractivity contribution in [3.05, 3.63) is 18.9 Å². The van der Waals surface area contributed by atoms with Crippen LogP contribution in [0.25, 0.3) is 0 Å². The Bertz CT molecular complexity index is 423. The first kappa shape index (κ1) is 10.7. The molecule has 0 aromatic carbocycles. The van der Waals surface area contributed by atoms with Crippen molar-refractivity contribution in [3.63, 3.8) is 0 Å². The zero-order chi connectivity index (χ0) is 10.8. The highest BCUT2D eigenvalue weighted by Gasteiger charge is 2.23. The first-order valence-corrected chi connectivity index (χ1v) is 5.30. The number of hydrogen-bond donors (Lipinski definition) is 2. The van der Waals surface area contributed by atoms with Crippen LogP contribution < -0.4 is 5.73 Å². The molecule has 0 radical (unpaired) electrons. The van der Waals surface area contributed by atoms with Crippen LogP contribution >= 0.6 is 0 Å². The van der Waals surface area contributed by atoms with Crippen LogP contribution in [0.1, 0.15) is 0 Å². The van der Waals surface area contributed by atoms with Crippen molar-refractivity contribution in [2.24, 2.45) is 0 Å². The van der Waals surface area contributed by atoms with Gasteiger partial charge in [0, 0.05) is 13.6 Å². The SMILES string of the molecule is C=CCN(C)S(=O)(=O)c1cn[nH]c1N. The summed E-state index contributed by atoms with van der Waals surface area (Å²) in [5.74, 6) is 0.0425. The van der Waals surface area contributed by atoms with E-state index in [-0.39, 0.29) is 17.3 Å². The van der Waals surface area contributed by atoms with Gasteiger partial charge in [-0.1, -0.05) is 6.08 Å². The fraction of sp³-hybridized carbons (Fsp3) is 0.286. The molecule has 78 valence electrons. The predicted octanol–water partition coefficient (Wildman–Crippen LogP) is -0.202. The molecule has 6 nitrogen and oxygen atoms in total. The summed E-state index contributed by atoms with van der Waals surface area (Å²) in [5.41, 5.74) is 5.41. The number of hydrogen-bond acceptors (Lipinski definition) is 4. The van der Waals surface area contributed by atoms with E-state index in [0.29, 0.717) is 0 Å². The molecule has 7 heteroatoms. The topological polar surface area (TPSA) is 92.1 Å². The minimum Gasteiger partial charge on any atom is -0.383 e. The molecule has 3 N–H and O–H groups in total. The predicted molar refractivity (Wildman–Crippen MR) is 53.0 cm³/mol. The summed E-state index contributed by atoms with van der Waals surface area (Å²) in [4.78, 5) is -0.0122. The van der Waals surface area contributed by atoms with Gasteiger partial charge in [-0.2, -0.15) is 9.40 Å². The van der Waals surface area contributed by atoms with E-state index in [0.717, 1.165) is 4.31 Å². The summed E-state index contributed by atoms with van der Waals surface area (Å²) in [6.45, 7) is 3.69. The first-order valence-electron chi connectivity index (χ1n) is 3.86. The number of H-pyrrole nitrogens is 1. The summed E-state index contributed by atoms with van der Waals surface area (Å²) in [5, 5.41) is 5.92. The second-order valence-electron chi connectivity index (χ2n) is 2.72. The third-order valence-electron chi connectivity index (χ3n) is 1.71. The van der Waals surface area contributed by atoms with Crippen LogP contribution in [0.5, 0.6) is 0 Å².